The van der Waals surface area contributed by atoms with Gasteiger partial charge in [-0.05, 0) is 67.3 Å². The van der Waals surface area contributed by atoms with Crippen molar-refractivity contribution in [1.82, 2.24) is 0 Å². The minimum atomic E-state index is -0.550. The Bertz CT molecular complexity index is 806. The summed E-state index contributed by atoms with van der Waals surface area (Å²) in [6.07, 6.45) is 0. The number of benzene rings is 2. The Morgan fingerprint density at radius 3 is 1.18 bits per heavy atom. The molecule has 0 saturated heterocycles. The summed E-state index contributed by atoms with van der Waals surface area (Å²) >= 11 is 28.9. The molecule has 33 heavy (non-hydrogen) atoms. The Labute approximate surface area is 264 Å². The minimum Gasteiger partial charge on any atom is -0.474 e. The topological polar surface area (TPSA) is 18.5 Å². The first-order valence-electron chi connectivity index (χ1n) is 9.94. The van der Waals surface area contributed by atoms with Gasteiger partial charge >= 0.3 is 0 Å². The molecule has 0 aliphatic heterocycles. The quantitative estimate of drug-likeness (QED) is 0.198. The lowest BCUT2D eigenvalue weighted by Gasteiger charge is -2.32. The molecule has 0 aliphatic rings. The molecule has 0 amide bonds. The summed E-state index contributed by atoms with van der Waals surface area (Å²) in [5.41, 5.74) is 2.22. The second kappa shape index (κ2) is 13.6. The second-order valence-corrected chi connectivity index (χ2v) is 15.3. The first-order valence-corrected chi connectivity index (χ1v) is 17.8. The molecular weight excluding hydrogens is 947 g/mol. The average molecular weight is 972 g/mol. The zero-order valence-corrected chi connectivity index (χ0v) is 30.6. The number of ether oxygens (including phenoxy) is 2. The van der Waals surface area contributed by atoms with Crippen LogP contribution in [0.1, 0.15) is 25.0 Å². The Kier molecular flexibility index (Phi) is 12.8. The molecule has 0 fully saturated rings. The van der Waals surface area contributed by atoms with Crippen molar-refractivity contribution in [3.05, 3.63) is 59.7 Å². The average Bonchev–Trinajstić information content (AvgIpc) is 2.83. The third-order valence-corrected chi connectivity index (χ3v) is 16.8. The van der Waals surface area contributed by atoms with Crippen LogP contribution in [0, 0.1) is 0 Å². The summed E-state index contributed by atoms with van der Waals surface area (Å²) in [6.45, 7) is 4.44. The largest absolute Gasteiger partial charge is 0.474 e. The highest BCUT2D eigenvalue weighted by Crippen LogP contribution is 2.38. The molecule has 2 aromatic carbocycles. The Morgan fingerprint density at radius 1 is 0.636 bits per heavy atom. The van der Waals surface area contributed by atoms with E-state index in [-0.39, 0.29) is 15.1 Å². The first kappa shape index (κ1) is 31.1. The van der Waals surface area contributed by atoms with Gasteiger partial charge in [-0.1, -0.05) is 134 Å². The maximum Gasteiger partial charge on any atom is 0.185 e. The van der Waals surface area contributed by atoms with Crippen LogP contribution in [-0.2, 0) is 5.41 Å². The fraction of sp³-hybridized carbons (Fsp3) is 0.478. The van der Waals surface area contributed by atoms with Crippen molar-refractivity contribution in [2.24, 2.45) is 0 Å². The molecule has 4 atom stereocenters. The number of hydrogen-bond acceptors (Lipinski definition) is 2. The standard InChI is InChI=1S/C23H24Br8O2/c1-21(2,15-3-7-17(8-4-15)32-22(30,13-26)19(28)11-24)16-5-9-18(10-6-16)33-23(31,14-27)20(29)12-25/h3-10,19-20H,11-14H2,1-2H3. The van der Waals surface area contributed by atoms with E-state index in [9.17, 15) is 0 Å². The van der Waals surface area contributed by atoms with Gasteiger partial charge in [-0.3, -0.25) is 0 Å². The molecule has 0 radical (unpaired) electrons. The summed E-state index contributed by atoms with van der Waals surface area (Å²) in [6, 6.07) is 16.6. The van der Waals surface area contributed by atoms with Gasteiger partial charge in [0.25, 0.3) is 0 Å². The van der Waals surface area contributed by atoms with Gasteiger partial charge in [0.2, 0.25) is 0 Å². The highest BCUT2D eigenvalue weighted by atomic mass is 79.9. The maximum absolute atomic E-state index is 6.24. The van der Waals surface area contributed by atoms with Crippen molar-refractivity contribution < 1.29 is 9.47 Å². The van der Waals surface area contributed by atoms with E-state index in [2.05, 4.69) is 166 Å². The number of rotatable bonds is 12. The molecule has 0 spiro atoms. The van der Waals surface area contributed by atoms with Crippen molar-refractivity contribution in [3.63, 3.8) is 0 Å². The van der Waals surface area contributed by atoms with Crippen LogP contribution in [0.4, 0.5) is 0 Å². The van der Waals surface area contributed by atoms with Gasteiger partial charge < -0.3 is 9.47 Å². The third-order valence-electron chi connectivity index (χ3n) is 5.30. The highest BCUT2D eigenvalue weighted by molar-refractivity contribution is 9.15. The van der Waals surface area contributed by atoms with Crippen LogP contribution in [0.25, 0.3) is 0 Å². The van der Waals surface area contributed by atoms with Gasteiger partial charge in [0.05, 0.1) is 20.3 Å². The van der Waals surface area contributed by atoms with E-state index in [1.807, 2.05) is 24.3 Å². The molecule has 0 saturated carbocycles. The predicted molar refractivity (Wildman–Crippen MR) is 170 cm³/mol. The summed E-state index contributed by atoms with van der Waals surface area (Å²) in [7, 11) is 0. The fourth-order valence-electron chi connectivity index (χ4n) is 3.02. The van der Waals surface area contributed by atoms with E-state index in [0.717, 1.165) is 22.2 Å². The first-order chi connectivity index (χ1) is 15.5. The second-order valence-electron chi connectivity index (χ2n) is 7.96. The van der Waals surface area contributed by atoms with Gasteiger partial charge in [0.15, 0.2) is 9.02 Å². The van der Waals surface area contributed by atoms with Crippen molar-refractivity contribution in [1.29, 1.82) is 0 Å². The smallest absolute Gasteiger partial charge is 0.185 e. The van der Waals surface area contributed by atoms with Crippen LogP contribution in [-0.4, -0.2) is 40.0 Å². The van der Waals surface area contributed by atoms with Crippen LogP contribution >= 0.6 is 127 Å². The highest BCUT2D eigenvalue weighted by Gasteiger charge is 2.37. The van der Waals surface area contributed by atoms with Gasteiger partial charge in [0, 0.05) is 16.1 Å². The maximum atomic E-state index is 6.24. The van der Waals surface area contributed by atoms with Gasteiger partial charge in [-0.2, -0.15) is 0 Å². The van der Waals surface area contributed by atoms with Gasteiger partial charge in [-0.25, -0.2) is 0 Å². The lowest BCUT2D eigenvalue weighted by Crippen LogP contribution is -2.41. The van der Waals surface area contributed by atoms with E-state index in [1.54, 1.807) is 0 Å². The van der Waals surface area contributed by atoms with Crippen molar-refractivity contribution in [2.45, 2.75) is 37.9 Å². The van der Waals surface area contributed by atoms with E-state index in [4.69, 9.17) is 9.47 Å². The van der Waals surface area contributed by atoms with Crippen LogP contribution < -0.4 is 9.47 Å². The number of alkyl halides is 8. The van der Waals surface area contributed by atoms with Crippen molar-refractivity contribution >= 4 is 127 Å². The molecule has 2 rings (SSSR count). The number of hydrogen-bond donors (Lipinski definition) is 0. The molecule has 0 bridgehead atoms. The lowest BCUT2D eigenvalue weighted by atomic mass is 9.78. The van der Waals surface area contributed by atoms with E-state index < -0.39 is 9.02 Å². The Balaban J connectivity index is 2.19. The van der Waals surface area contributed by atoms with Crippen LogP contribution in [0.15, 0.2) is 48.5 Å². The minimum absolute atomic E-state index is 0.0957. The zero-order valence-electron chi connectivity index (χ0n) is 17.9. The lowest BCUT2D eigenvalue weighted by molar-refractivity contribution is 0.204. The molecule has 0 N–H and O–H groups in total. The zero-order chi connectivity index (χ0) is 24.9. The van der Waals surface area contributed by atoms with Crippen LogP contribution in [0.2, 0.25) is 0 Å². The van der Waals surface area contributed by atoms with Crippen LogP contribution in [0.3, 0.4) is 0 Å². The molecule has 2 nitrogen and oxygen atoms in total. The Morgan fingerprint density at radius 2 is 0.939 bits per heavy atom. The number of halogens is 8. The van der Waals surface area contributed by atoms with E-state index >= 15 is 0 Å². The molecule has 10 heteroatoms. The van der Waals surface area contributed by atoms with E-state index in [0.29, 0.717) is 10.7 Å². The monoisotopic (exact) mass is 964 g/mol. The van der Waals surface area contributed by atoms with E-state index in [1.165, 1.54) is 11.1 Å². The van der Waals surface area contributed by atoms with Crippen molar-refractivity contribution in [3.8, 4) is 11.5 Å². The Hall–Kier alpha value is 1.88. The summed E-state index contributed by atoms with van der Waals surface area (Å²) in [5.74, 6) is 1.61. The predicted octanol–water partition coefficient (Wildman–Crippen LogP) is 10.1. The van der Waals surface area contributed by atoms with Gasteiger partial charge in [0.1, 0.15) is 11.5 Å². The summed E-state index contributed by atoms with van der Waals surface area (Å²) < 4.78 is 11.4. The molecular formula is C23H24Br8O2. The normalized spacial score (nSPS) is 17.5. The van der Waals surface area contributed by atoms with Gasteiger partial charge in [-0.15, -0.1) is 0 Å². The molecule has 184 valence electrons. The molecule has 0 aliphatic carbocycles. The summed E-state index contributed by atoms with van der Waals surface area (Å²) in [5, 5.41) is 2.79. The fourth-order valence-corrected chi connectivity index (χ4v) is 8.02. The SMILES string of the molecule is CC(C)(c1ccc(OC(Br)(CBr)C(Br)CBr)cc1)c1ccc(OC(Br)(CBr)C(Br)CBr)cc1. The molecule has 2 aromatic rings. The molecule has 0 aromatic heterocycles. The summed E-state index contributed by atoms with van der Waals surface area (Å²) in [4.78, 5) is 0.191. The van der Waals surface area contributed by atoms with Crippen molar-refractivity contribution in [2.75, 3.05) is 21.3 Å². The molecule has 4 unspecified atom stereocenters. The molecule has 0 heterocycles. The van der Waals surface area contributed by atoms with Crippen LogP contribution in [0.5, 0.6) is 11.5 Å². The third kappa shape index (κ3) is 7.93.